The summed E-state index contributed by atoms with van der Waals surface area (Å²) in [5.74, 6) is 0.849. The molecule has 1 heterocycles. The second-order valence-corrected chi connectivity index (χ2v) is 4.59. The molecule has 1 atom stereocenters. The first kappa shape index (κ1) is 14.5. The van der Waals surface area contributed by atoms with E-state index in [1.807, 2.05) is 24.3 Å². The summed E-state index contributed by atoms with van der Waals surface area (Å²) in [5.41, 5.74) is 7.09. The molecule has 20 heavy (non-hydrogen) atoms. The van der Waals surface area contributed by atoms with Gasteiger partial charge in [0.15, 0.2) is 0 Å². The Balaban J connectivity index is 2.04. The van der Waals surface area contributed by atoms with Crippen molar-refractivity contribution in [3.05, 3.63) is 30.5 Å². The molecule has 3 N–H and O–H groups in total. The van der Waals surface area contributed by atoms with Crippen molar-refractivity contribution in [1.29, 1.82) is 0 Å². The van der Waals surface area contributed by atoms with Crippen LogP contribution in [-0.2, 0) is 6.54 Å². The van der Waals surface area contributed by atoms with Crippen molar-refractivity contribution in [1.82, 2.24) is 15.0 Å². The standard InChI is InChI=1S/C14H20N4O2/c1-2-7-20-13-5-3-11(4-6-13)14-10-18(17-16-14)9-12(19)8-15/h3-6,10,12,19H,2,7-9,15H2,1H3/t12-/m0/s1. The summed E-state index contributed by atoms with van der Waals surface area (Å²) in [6.07, 6.45) is 2.18. The Bertz CT molecular complexity index is 524. The molecule has 1 aromatic heterocycles. The largest absolute Gasteiger partial charge is 0.494 e. The summed E-state index contributed by atoms with van der Waals surface area (Å²) in [6.45, 7) is 3.34. The first-order valence-corrected chi connectivity index (χ1v) is 6.74. The molecule has 2 rings (SSSR count). The Morgan fingerprint density at radius 2 is 2.10 bits per heavy atom. The van der Waals surface area contributed by atoms with Gasteiger partial charge in [-0.05, 0) is 30.7 Å². The lowest BCUT2D eigenvalue weighted by Crippen LogP contribution is -2.25. The molecule has 0 spiro atoms. The van der Waals surface area contributed by atoms with Gasteiger partial charge in [-0.3, -0.25) is 0 Å². The molecule has 0 amide bonds. The number of ether oxygens (including phenoxy) is 1. The van der Waals surface area contributed by atoms with E-state index in [0.29, 0.717) is 13.2 Å². The number of nitrogens with two attached hydrogens (primary N) is 1. The lowest BCUT2D eigenvalue weighted by molar-refractivity contribution is 0.156. The smallest absolute Gasteiger partial charge is 0.119 e. The number of aliphatic hydroxyl groups is 1. The molecule has 0 saturated carbocycles. The number of nitrogens with zero attached hydrogens (tertiary/aromatic N) is 3. The Morgan fingerprint density at radius 1 is 1.35 bits per heavy atom. The third kappa shape index (κ3) is 3.79. The predicted molar refractivity (Wildman–Crippen MR) is 76.3 cm³/mol. The maximum Gasteiger partial charge on any atom is 0.119 e. The molecule has 6 nitrogen and oxygen atoms in total. The van der Waals surface area contributed by atoms with E-state index in [2.05, 4.69) is 17.2 Å². The monoisotopic (exact) mass is 276 g/mol. The van der Waals surface area contributed by atoms with Crippen molar-refractivity contribution < 1.29 is 9.84 Å². The maximum absolute atomic E-state index is 9.48. The van der Waals surface area contributed by atoms with E-state index in [1.165, 1.54) is 0 Å². The molecular weight excluding hydrogens is 256 g/mol. The van der Waals surface area contributed by atoms with Crippen molar-refractivity contribution >= 4 is 0 Å². The van der Waals surface area contributed by atoms with E-state index >= 15 is 0 Å². The van der Waals surface area contributed by atoms with Gasteiger partial charge >= 0.3 is 0 Å². The minimum atomic E-state index is -0.602. The van der Waals surface area contributed by atoms with Crippen LogP contribution in [-0.4, -0.2) is 39.4 Å². The van der Waals surface area contributed by atoms with Crippen LogP contribution in [0, 0.1) is 0 Å². The van der Waals surface area contributed by atoms with Gasteiger partial charge < -0.3 is 15.6 Å². The third-order valence-electron chi connectivity index (χ3n) is 2.83. The Labute approximate surface area is 118 Å². The van der Waals surface area contributed by atoms with Crippen molar-refractivity contribution in [3.8, 4) is 17.0 Å². The van der Waals surface area contributed by atoms with Gasteiger partial charge in [-0.25, -0.2) is 4.68 Å². The van der Waals surface area contributed by atoms with Crippen LogP contribution in [0.3, 0.4) is 0 Å². The second-order valence-electron chi connectivity index (χ2n) is 4.59. The van der Waals surface area contributed by atoms with Gasteiger partial charge in [-0.1, -0.05) is 12.1 Å². The van der Waals surface area contributed by atoms with Gasteiger partial charge in [0.1, 0.15) is 11.4 Å². The Kier molecular flexibility index (Phi) is 5.09. The minimum Gasteiger partial charge on any atom is -0.494 e. The van der Waals surface area contributed by atoms with Crippen LogP contribution >= 0.6 is 0 Å². The quantitative estimate of drug-likeness (QED) is 0.789. The van der Waals surface area contributed by atoms with E-state index < -0.39 is 6.10 Å². The fourth-order valence-electron chi connectivity index (χ4n) is 1.75. The van der Waals surface area contributed by atoms with Crippen LogP contribution < -0.4 is 10.5 Å². The molecule has 0 radical (unpaired) electrons. The zero-order chi connectivity index (χ0) is 14.4. The van der Waals surface area contributed by atoms with E-state index in [4.69, 9.17) is 10.5 Å². The molecule has 0 unspecified atom stereocenters. The fraction of sp³-hybridized carbons (Fsp3) is 0.429. The predicted octanol–water partition coefficient (Wildman–Crippen LogP) is 1.05. The lowest BCUT2D eigenvalue weighted by Gasteiger charge is -2.05. The van der Waals surface area contributed by atoms with Crippen molar-refractivity contribution in [2.24, 2.45) is 5.73 Å². The first-order chi connectivity index (χ1) is 9.72. The first-order valence-electron chi connectivity index (χ1n) is 6.74. The van der Waals surface area contributed by atoms with Crippen molar-refractivity contribution in [3.63, 3.8) is 0 Å². The van der Waals surface area contributed by atoms with Crippen LogP contribution in [0.1, 0.15) is 13.3 Å². The second kappa shape index (κ2) is 7.02. The number of benzene rings is 1. The molecule has 0 aliphatic heterocycles. The van der Waals surface area contributed by atoms with Crippen LogP contribution in [0.4, 0.5) is 0 Å². The number of hydrogen-bond acceptors (Lipinski definition) is 5. The third-order valence-corrected chi connectivity index (χ3v) is 2.83. The topological polar surface area (TPSA) is 86.2 Å². The van der Waals surface area contributed by atoms with Gasteiger partial charge in [0, 0.05) is 12.1 Å². The van der Waals surface area contributed by atoms with Crippen molar-refractivity contribution in [2.75, 3.05) is 13.2 Å². The van der Waals surface area contributed by atoms with Gasteiger partial charge in [0.05, 0.1) is 25.5 Å². The summed E-state index contributed by atoms with van der Waals surface area (Å²) in [5, 5.41) is 17.5. The number of aromatic nitrogens is 3. The molecular formula is C14H20N4O2. The number of aliphatic hydroxyl groups excluding tert-OH is 1. The van der Waals surface area contributed by atoms with E-state index in [-0.39, 0.29) is 6.54 Å². The molecule has 0 saturated heterocycles. The summed E-state index contributed by atoms with van der Waals surface area (Å²) >= 11 is 0. The molecule has 0 bridgehead atoms. The van der Waals surface area contributed by atoms with Gasteiger partial charge in [-0.2, -0.15) is 0 Å². The van der Waals surface area contributed by atoms with Gasteiger partial charge in [0.25, 0.3) is 0 Å². The highest BCUT2D eigenvalue weighted by molar-refractivity contribution is 5.58. The zero-order valence-electron chi connectivity index (χ0n) is 11.6. The van der Waals surface area contributed by atoms with E-state index in [9.17, 15) is 5.11 Å². The molecule has 1 aromatic carbocycles. The number of hydrogen-bond donors (Lipinski definition) is 2. The van der Waals surface area contributed by atoms with E-state index in [1.54, 1.807) is 10.9 Å². The normalized spacial score (nSPS) is 12.3. The molecule has 108 valence electrons. The highest BCUT2D eigenvalue weighted by atomic mass is 16.5. The Hall–Kier alpha value is -1.92. The molecule has 0 fully saturated rings. The summed E-state index contributed by atoms with van der Waals surface area (Å²) in [6, 6.07) is 7.72. The van der Waals surface area contributed by atoms with Crippen molar-refractivity contribution in [2.45, 2.75) is 26.0 Å². The summed E-state index contributed by atoms with van der Waals surface area (Å²) in [7, 11) is 0. The summed E-state index contributed by atoms with van der Waals surface area (Å²) in [4.78, 5) is 0. The Morgan fingerprint density at radius 3 is 2.75 bits per heavy atom. The molecule has 2 aromatic rings. The van der Waals surface area contributed by atoms with Crippen LogP contribution in [0.25, 0.3) is 11.3 Å². The highest BCUT2D eigenvalue weighted by Crippen LogP contribution is 2.20. The highest BCUT2D eigenvalue weighted by Gasteiger charge is 2.07. The van der Waals surface area contributed by atoms with Gasteiger partial charge in [-0.15, -0.1) is 5.10 Å². The van der Waals surface area contributed by atoms with Crippen LogP contribution in [0.2, 0.25) is 0 Å². The number of rotatable bonds is 7. The van der Waals surface area contributed by atoms with Crippen LogP contribution in [0.5, 0.6) is 5.75 Å². The fourth-order valence-corrected chi connectivity index (χ4v) is 1.75. The average Bonchev–Trinajstić information content (AvgIpc) is 2.94. The summed E-state index contributed by atoms with van der Waals surface area (Å²) < 4.78 is 7.12. The average molecular weight is 276 g/mol. The lowest BCUT2D eigenvalue weighted by atomic mass is 10.1. The molecule has 0 aliphatic carbocycles. The molecule has 6 heteroatoms. The minimum absolute atomic E-state index is 0.207. The zero-order valence-corrected chi connectivity index (χ0v) is 11.6. The molecule has 0 aliphatic rings. The van der Waals surface area contributed by atoms with E-state index in [0.717, 1.165) is 23.4 Å². The van der Waals surface area contributed by atoms with Crippen LogP contribution in [0.15, 0.2) is 30.5 Å². The maximum atomic E-state index is 9.48. The SMILES string of the molecule is CCCOc1ccc(-c2cn(C[C@@H](O)CN)nn2)cc1. The van der Waals surface area contributed by atoms with Gasteiger partial charge in [0.2, 0.25) is 0 Å².